The molecule has 1 heterocycles. The van der Waals surface area contributed by atoms with Crippen LogP contribution < -0.4 is 0 Å². The minimum atomic E-state index is 0.381. The van der Waals surface area contributed by atoms with Crippen molar-refractivity contribution in [1.29, 1.82) is 0 Å². The molecule has 1 aromatic carbocycles. The van der Waals surface area contributed by atoms with Crippen molar-refractivity contribution in [2.75, 3.05) is 0 Å². The molecule has 1 aromatic heterocycles. The summed E-state index contributed by atoms with van der Waals surface area (Å²) in [6.07, 6.45) is 0. The van der Waals surface area contributed by atoms with Gasteiger partial charge in [-0.25, -0.2) is 0 Å². The maximum absolute atomic E-state index is 8.17. The fourth-order valence-corrected chi connectivity index (χ4v) is 1.65. The molecule has 0 amide bonds. The van der Waals surface area contributed by atoms with Crippen molar-refractivity contribution in [2.24, 2.45) is 5.11 Å². The van der Waals surface area contributed by atoms with E-state index in [1.54, 1.807) is 0 Å². The van der Waals surface area contributed by atoms with Crippen molar-refractivity contribution >= 4 is 11.5 Å². The maximum Gasteiger partial charge on any atom is 0.105 e. The third kappa shape index (κ3) is 2.31. The quantitative estimate of drug-likeness (QED) is 0.450. The van der Waals surface area contributed by atoms with Gasteiger partial charge in [-0.05, 0) is 22.6 Å². The van der Waals surface area contributed by atoms with E-state index < -0.39 is 0 Å². The van der Waals surface area contributed by atoms with Crippen molar-refractivity contribution in [3.63, 3.8) is 0 Å². The Balaban J connectivity index is 2.21. The third-order valence-electron chi connectivity index (χ3n) is 1.93. The molecule has 15 heavy (non-hydrogen) atoms. The zero-order chi connectivity index (χ0) is 10.5. The Morgan fingerprint density at radius 1 is 1.33 bits per heavy atom. The first-order valence-corrected chi connectivity index (χ1v) is 5.11. The number of azide groups is 1. The Morgan fingerprint density at radius 3 is 2.73 bits per heavy atom. The summed E-state index contributed by atoms with van der Waals surface area (Å²) in [5.74, 6) is 0. The lowest BCUT2D eigenvalue weighted by Crippen LogP contribution is -1.82. The summed E-state index contributed by atoms with van der Waals surface area (Å²) in [6, 6.07) is 7.73. The van der Waals surface area contributed by atoms with E-state index in [0.29, 0.717) is 6.54 Å². The van der Waals surface area contributed by atoms with Crippen LogP contribution in [-0.4, -0.2) is 9.59 Å². The van der Waals surface area contributed by atoms with Crippen LogP contribution in [0.4, 0.5) is 0 Å². The van der Waals surface area contributed by atoms with Gasteiger partial charge in [-0.3, -0.25) is 0 Å². The highest BCUT2D eigenvalue weighted by atomic mass is 32.1. The largest absolute Gasteiger partial charge is 0.138 e. The minimum absolute atomic E-state index is 0.381. The molecular formula is C9H7N5S. The van der Waals surface area contributed by atoms with Gasteiger partial charge in [0.05, 0.1) is 6.54 Å². The molecule has 2 aromatic rings. The van der Waals surface area contributed by atoms with Crippen LogP contribution in [0.2, 0.25) is 0 Å². The van der Waals surface area contributed by atoms with E-state index in [0.717, 1.165) is 16.8 Å². The molecule has 0 saturated heterocycles. The lowest BCUT2D eigenvalue weighted by Gasteiger charge is -1.97. The molecule has 0 saturated carbocycles. The van der Waals surface area contributed by atoms with Crippen LogP contribution in [-0.2, 0) is 6.54 Å². The molecule has 0 fully saturated rings. The Morgan fingerprint density at radius 2 is 2.13 bits per heavy atom. The van der Waals surface area contributed by atoms with Crippen molar-refractivity contribution in [2.45, 2.75) is 6.54 Å². The van der Waals surface area contributed by atoms with Gasteiger partial charge in [-0.1, -0.05) is 33.9 Å². The number of hydrogen-bond donors (Lipinski definition) is 0. The second-order valence-corrected chi connectivity index (χ2v) is 3.49. The molecule has 0 atom stereocenters. The zero-order valence-corrected chi connectivity index (χ0v) is 8.55. The fourth-order valence-electron chi connectivity index (χ4n) is 1.18. The van der Waals surface area contributed by atoms with Gasteiger partial charge < -0.3 is 0 Å². The second kappa shape index (κ2) is 4.54. The van der Waals surface area contributed by atoms with Gasteiger partial charge in [0.15, 0.2) is 0 Å². The summed E-state index contributed by atoms with van der Waals surface area (Å²) < 4.78 is 3.80. The minimum Gasteiger partial charge on any atom is -0.138 e. The lowest BCUT2D eigenvalue weighted by molar-refractivity contribution is 1.05. The molecule has 5 nitrogen and oxygen atoms in total. The van der Waals surface area contributed by atoms with Crippen molar-refractivity contribution in [3.05, 3.63) is 45.7 Å². The molecule has 0 aliphatic heterocycles. The summed E-state index contributed by atoms with van der Waals surface area (Å²) in [4.78, 5) is 2.71. The first-order chi connectivity index (χ1) is 7.40. The van der Waals surface area contributed by atoms with Gasteiger partial charge in [-0.15, -0.1) is 5.10 Å². The van der Waals surface area contributed by atoms with Gasteiger partial charge in [0.25, 0.3) is 0 Å². The van der Waals surface area contributed by atoms with E-state index in [1.165, 1.54) is 11.5 Å². The monoisotopic (exact) mass is 217 g/mol. The van der Waals surface area contributed by atoms with E-state index in [1.807, 2.05) is 29.6 Å². The molecule has 0 N–H and O–H groups in total. The highest BCUT2D eigenvalue weighted by Crippen LogP contribution is 2.18. The first-order valence-electron chi connectivity index (χ1n) is 4.27. The molecule has 6 heteroatoms. The van der Waals surface area contributed by atoms with Crippen molar-refractivity contribution in [1.82, 2.24) is 9.59 Å². The molecule has 74 valence electrons. The topological polar surface area (TPSA) is 74.5 Å². The summed E-state index contributed by atoms with van der Waals surface area (Å²) in [6.45, 7) is 0.381. The van der Waals surface area contributed by atoms with Crippen molar-refractivity contribution < 1.29 is 0 Å². The zero-order valence-electron chi connectivity index (χ0n) is 7.74. The van der Waals surface area contributed by atoms with Crippen LogP contribution in [0, 0.1) is 0 Å². The molecule has 0 spiro atoms. The highest BCUT2D eigenvalue weighted by molar-refractivity contribution is 7.03. The van der Waals surface area contributed by atoms with Gasteiger partial charge in [0.2, 0.25) is 0 Å². The molecule has 0 unspecified atom stereocenters. The smallest absolute Gasteiger partial charge is 0.105 e. The molecule has 0 bridgehead atoms. The third-order valence-corrected chi connectivity index (χ3v) is 2.43. The van der Waals surface area contributed by atoms with E-state index in [9.17, 15) is 0 Å². The molecule has 0 aliphatic rings. The van der Waals surface area contributed by atoms with Gasteiger partial charge in [0.1, 0.15) is 5.69 Å². The van der Waals surface area contributed by atoms with E-state index in [2.05, 4.69) is 19.6 Å². The Kier molecular flexibility index (Phi) is 2.92. The summed E-state index contributed by atoms with van der Waals surface area (Å²) in [5, 5.41) is 9.35. The molecule has 0 radical (unpaired) electrons. The van der Waals surface area contributed by atoms with Crippen LogP contribution in [0.5, 0.6) is 0 Å². The number of aromatic nitrogens is 2. The highest BCUT2D eigenvalue weighted by Gasteiger charge is 1.99. The standard InChI is InChI=1S/C9H7N5S/c10-13-11-5-7-1-3-8(4-2-7)9-6-15-14-12-9/h1-4,6H,5H2. The SMILES string of the molecule is [N-]=[N+]=NCc1ccc(-c2csnn2)cc1. The Hall–Kier alpha value is -1.91. The first kappa shape index (κ1) is 9.64. The number of benzene rings is 1. The van der Waals surface area contributed by atoms with Crippen LogP contribution in [0.1, 0.15) is 5.56 Å². The van der Waals surface area contributed by atoms with E-state index in [4.69, 9.17) is 5.53 Å². The van der Waals surface area contributed by atoms with Gasteiger partial charge >= 0.3 is 0 Å². The van der Waals surface area contributed by atoms with Gasteiger partial charge in [-0.2, -0.15) is 0 Å². The number of rotatable bonds is 3. The summed E-state index contributed by atoms with van der Waals surface area (Å²) >= 11 is 1.32. The van der Waals surface area contributed by atoms with Crippen LogP contribution in [0.15, 0.2) is 34.8 Å². The van der Waals surface area contributed by atoms with Crippen LogP contribution in [0.3, 0.4) is 0 Å². The normalized spacial score (nSPS) is 9.60. The number of nitrogens with zero attached hydrogens (tertiary/aromatic N) is 5. The maximum atomic E-state index is 8.17. The second-order valence-electron chi connectivity index (χ2n) is 2.88. The van der Waals surface area contributed by atoms with Crippen LogP contribution >= 0.6 is 11.5 Å². The average molecular weight is 217 g/mol. The predicted octanol–water partition coefficient (Wildman–Crippen LogP) is 3.02. The average Bonchev–Trinajstić information content (AvgIpc) is 2.80. The summed E-state index contributed by atoms with van der Waals surface area (Å²) in [7, 11) is 0. The molecule has 2 rings (SSSR count). The Bertz CT molecular complexity index is 470. The van der Waals surface area contributed by atoms with Crippen molar-refractivity contribution in [3.8, 4) is 11.3 Å². The fraction of sp³-hybridized carbons (Fsp3) is 0.111. The Labute approximate surface area is 90.2 Å². The van der Waals surface area contributed by atoms with Crippen LogP contribution in [0.25, 0.3) is 21.7 Å². The predicted molar refractivity (Wildman–Crippen MR) is 58.2 cm³/mol. The molecular weight excluding hydrogens is 210 g/mol. The number of hydrogen-bond acceptors (Lipinski definition) is 4. The lowest BCUT2D eigenvalue weighted by atomic mass is 10.1. The summed E-state index contributed by atoms with van der Waals surface area (Å²) in [5.41, 5.74) is 11.1. The van der Waals surface area contributed by atoms with E-state index >= 15 is 0 Å². The van der Waals surface area contributed by atoms with Gasteiger partial charge in [0, 0.05) is 15.9 Å². The van der Waals surface area contributed by atoms with E-state index in [-0.39, 0.29) is 0 Å². The molecule has 0 aliphatic carbocycles.